The fraction of sp³-hybridized carbons (Fsp3) is 0.0577. The van der Waals surface area contributed by atoms with Crippen molar-refractivity contribution in [2.75, 3.05) is 0 Å². The third-order valence-electron chi connectivity index (χ3n) is 11.4. The summed E-state index contributed by atoms with van der Waals surface area (Å²) in [7, 11) is 0. The first-order chi connectivity index (χ1) is 27.6. The zero-order valence-electron chi connectivity index (χ0n) is 31.0. The van der Waals surface area contributed by atoms with E-state index in [-0.39, 0.29) is 5.92 Å². The first kappa shape index (κ1) is 32.3. The molecule has 4 nitrogen and oxygen atoms in total. The number of furan rings is 2. The highest BCUT2D eigenvalue weighted by Gasteiger charge is 2.21. The zero-order valence-corrected chi connectivity index (χ0v) is 31.0. The molecule has 4 heteroatoms. The topological polar surface area (TPSA) is 43.6 Å². The third-order valence-corrected chi connectivity index (χ3v) is 11.4. The number of para-hydroxylation sites is 3. The Morgan fingerprint density at radius 3 is 1.98 bits per heavy atom. The molecule has 0 aliphatic carbocycles. The molecule has 0 amide bonds. The van der Waals surface area contributed by atoms with Crippen molar-refractivity contribution in [3.63, 3.8) is 0 Å². The molecule has 3 heterocycles. The van der Waals surface area contributed by atoms with E-state index in [2.05, 4.69) is 164 Å². The molecule has 1 atom stereocenters. The van der Waals surface area contributed by atoms with Gasteiger partial charge < -0.3 is 13.4 Å². The molecular formula is C52H36N2O2. The summed E-state index contributed by atoms with van der Waals surface area (Å²) in [6.07, 6.45) is 2.29. The Kier molecular flexibility index (Phi) is 7.33. The van der Waals surface area contributed by atoms with E-state index in [9.17, 15) is 0 Å². The summed E-state index contributed by atoms with van der Waals surface area (Å²) in [5, 5.41) is 9.15. The van der Waals surface area contributed by atoms with Crippen molar-refractivity contribution in [1.82, 2.24) is 4.57 Å². The van der Waals surface area contributed by atoms with Gasteiger partial charge in [-0.15, -0.1) is 0 Å². The van der Waals surface area contributed by atoms with Crippen LogP contribution in [0.3, 0.4) is 0 Å². The first-order valence-corrected chi connectivity index (χ1v) is 19.2. The molecule has 0 unspecified atom stereocenters. The molecule has 11 aromatic rings. The molecule has 0 N–H and O–H groups in total. The van der Waals surface area contributed by atoms with E-state index in [1.165, 1.54) is 27.1 Å². The van der Waals surface area contributed by atoms with Crippen LogP contribution in [0.4, 0.5) is 0 Å². The molecule has 0 radical (unpaired) electrons. The fourth-order valence-electron chi connectivity index (χ4n) is 8.66. The van der Waals surface area contributed by atoms with Gasteiger partial charge in [0.05, 0.1) is 22.4 Å². The Bertz CT molecular complexity index is 3390. The van der Waals surface area contributed by atoms with Gasteiger partial charge in [0.25, 0.3) is 0 Å². The molecule has 0 fully saturated rings. The molecule has 0 aliphatic rings. The highest BCUT2D eigenvalue weighted by molar-refractivity contribution is 6.17. The predicted octanol–water partition coefficient (Wildman–Crippen LogP) is 14.4. The Morgan fingerprint density at radius 1 is 0.518 bits per heavy atom. The maximum absolute atomic E-state index is 6.56. The predicted molar refractivity (Wildman–Crippen MR) is 234 cm³/mol. The van der Waals surface area contributed by atoms with Crippen LogP contribution in [0, 0.1) is 0 Å². The van der Waals surface area contributed by atoms with Crippen LogP contribution in [0.1, 0.15) is 36.5 Å². The molecule has 3 aromatic heterocycles. The lowest BCUT2D eigenvalue weighted by molar-refractivity contribution is 0.668. The van der Waals surface area contributed by atoms with Crippen molar-refractivity contribution in [2.45, 2.75) is 19.8 Å². The van der Waals surface area contributed by atoms with Crippen LogP contribution < -0.4 is 0 Å². The van der Waals surface area contributed by atoms with Crippen LogP contribution in [0.2, 0.25) is 0 Å². The molecule has 0 aliphatic heterocycles. The molecule has 0 saturated heterocycles. The quantitative estimate of drug-likeness (QED) is 0.161. The monoisotopic (exact) mass is 720 g/mol. The Labute approximate surface area is 323 Å². The van der Waals surface area contributed by atoms with E-state index in [0.717, 1.165) is 83.1 Å². The SMILES string of the molecule is CC(=N/C(=C\[C@H](C)c1ccccc1)c1cccc2oc3ccccc3c12)c1cc2oc3ccccc3c2cc1-n1c2ccccc2c2cc3ccccc3cc21. The molecule has 0 saturated carbocycles. The second kappa shape index (κ2) is 12.7. The van der Waals surface area contributed by atoms with E-state index in [0.29, 0.717) is 0 Å². The molecule has 0 bridgehead atoms. The molecular weight excluding hydrogens is 685 g/mol. The van der Waals surface area contributed by atoms with Crippen LogP contribution in [0.15, 0.2) is 190 Å². The van der Waals surface area contributed by atoms with E-state index in [1.807, 2.05) is 30.3 Å². The van der Waals surface area contributed by atoms with Crippen molar-refractivity contribution in [1.29, 1.82) is 0 Å². The standard InChI is InChI=1S/C52H36N2O2/c1-32(34-15-4-3-5-16-34)27-44(39-22-14-26-50-52(39)40-21-10-13-25-49(40)55-50)53-33(2)41-31-51-43(38-20-9-12-24-48(38)56-51)30-47(41)54-45-23-11-8-19-37(45)42-28-35-17-6-7-18-36(35)29-46(42)54/h3-32H,1-2H3/b44-27-,53-33?/t32-/m0/s1. The molecule has 11 rings (SSSR count). The second-order valence-electron chi connectivity index (χ2n) is 14.8. The summed E-state index contributed by atoms with van der Waals surface area (Å²) >= 11 is 0. The summed E-state index contributed by atoms with van der Waals surface area (Å²) in [5.41, 5.74) is 11.8. The average Bonchev–Trinajstić information content (AvgIpc) is 3.91. The maximum atomic E-state index is 6.56. The number of benzene rings is 8. The van der Waals surface area contributed by atoms with Gasteiger partial charge >= 0.3 is 0 Å². The molecule has 0 spiro atoms. The van der Waals surface area contributed by atoms with Crippen LogP contribution in [-0.2, 0) is 0 Å². The van der Waals surface area contributed by atoms with Gasteiger partial charge in [-0.3, -0.25) is 4.99 Å². The number of aromatic nitrogens is 1. The molecule has 266 valence electrons. The van der Waals surface area contributed by atoms with Crippen LogP contribution in [0.25, 0.3) is 87.8 Å². The second-order valence-corrected chi connectivity index (χ2v) is 14.8. The highest BCUT2D eigenvalue weighted by Crippen LogP contribution is 2.41. The average molecular weight is 721 g/mol. The van der Waals surface area contributed by atoms with Crippen LogP contribution in [-0.4, -0.2) is 10.3 Å². The van der Waals surface area contributed by atoms with E-state index in [1.54, 1.807) is 0 Å². The first-order valence-electron chi connectivity index (χ1n) is 19.2. The number of rotatable bonds is 6. The lowest BCUT2D eigenvalue weighted by atomic mass is 9.96. The summed E-state index contributed by atoms with van der Waals surface area (Å²) in [5.74, 6) is 0.0964. The Morgan fingerprint density at radius 2 is 1.16 bits per heavy atom. The van der Waals surface area contributed by atoms with Crippen molar-refractivity contribution in [3.8, 4) is 5.69 Å². The van der Waals surface area contributed by atoms with Crippen molar-refractivity contribution in [3.05, 3.63) is 193 Å². The van der Waals surface area contributed by atoms with Gasteiger partial charge in [0, 0.05) is 55.1 Å². The van der Waals surface area contributed by atoms with Gasteiger partial charge in [-0.05, 0) is 71.8 Å². The van der Waals surface area contributed by atoms with Crippen molar-refractivity contribution >= 4 is 87.9 Å². The summed E-state index contributed by atoms with van der Waals surface area (Å²) in [6.45, 7) is 4.37. The smallest absolute Gasteiger partial charge is 0.136 e. The Hall–Kier alpha value is -7.17. The minimum atomic E-state index is 0.0964. The van der Waals surface area contributed by atoms with Gasteiger partial charge in [0.2, 0.25) is 0 Å². The van der Waals surface area contributed by atoms with Crippen molar-refractivity contribution < 1.29 is 8.83 Å². The van der Waals surface area contributed by atoms with Crippen LogP contribution >= 0.6 is 0 Å². The number of aliphatic imine (C=N–C) groups is 1. The minimum Gasteiger partial charge on any atom is -0.456 e. The molecule has 8 aromatic carbocycles. The van der Waals surface area contributed by atoms with Crippen molar-refractivity contribution in [2.24, 2.45) is 4.99 Å². The van der Waals surface area contributed by atoms with Gasteiger partial charge in [-0.2, -0.15) is 0 Å². The summed E-state index contributed by atoms with van der Waals surface area (Å²) in [4.78, 5) is 5.64. The zero-order chi connectivity index (χ0) is 37.3. The fourth-order valence-corrected chi connectivity index (χ4v) is 8.66. The number of hydrogen-bond donors (Lipinski definition) is 0. The summed E-state index contributed by atoms with van der Waals surface area (Å²) in [6, 6.07) is 60.0. The van der Waals surface area contributed by atoms with E-state index >= 15 is 0 Å². The lowest BCUT2D eigenvalue weighted by Crippen LogP contribution is -2.05. The van der Waals surface area contributed by atoms with Gasteiger partial charge in [-0.25, -0.2) is 0 Å². The normalized spacial score (nSPS) is 13.3. The lowest BCUT2D eigenvalue weighted by Gasteiger charge is -2.16. The van der Waals surface area contributed by atoms with E-state index in [4.69, 9.17) is 13.8 Å². The maximum Gasteiger partial charge on any atom is 0.136 e. The van der Waals surface area contributed by atoms with Gasteiger partial charge in [0.15, 0.2) is 0 Å². The molecule has 56 heavy (non-hydrogen) atoms. The Balaban J connectivity index is 1.22. The number of hydrogen-bond acceptors (Lipinski definition) is 3. The van der Waals surface area contributed by atoms with Gasteiger partial charge in [-0.1, -0.05) is 134 Å². The number of nitrogens with zero attached hydrogens (tertiary/aromatic N) is 2. The third kappa shape index (κ3) is 5.10. The number of allylic oxidation sites excluding steroid dienone is 1. The summed E-state index contributed by atoms with van der Waals surface area (Å²) < 4.78 is 15.4. The highest BCUT2D eigenvalue weighted by atomic mass is 16.3. The minimum absolute atomic E-state index is 0.0964. The van der Waals surface area contributed by atoms with E-state index < -0.39 is 0 Å². The largest absolute Gasteiger partial charge is 0.456 e. The van der Waals surface area contributed by atoms with Gasteiger partial charge in [0.1, 0.15) is 22.3 Å². The number of fused-ring (bicyclic) bond motifs is 10. The van der Waals surface area contributed by atoms with Crippen LogP contribution in [0.5, 0.6) is 0 Å².